The highest BCUT2D eigenvalue weighted by molar-refractivity contribution is 5.89. The number of hydrogen-bond acceptors (Lipinski definition) is 5. The number of rotatable bonds is 9. The van der Waals surface area contributed by atoms with E-state index in [2.05, 4.69) is 30.8 Å². The Labute approximate surface area is 170 Å². The van der Waals surface area contributed by atoms with E-state index in [1.54, 1.807) is 0 Å². The van der Waals surface area contributed by atoms with Crippen LogP contribution >= 0.6 is 0 Å². The summed E-state index contributed by atoms with van der Waals surface area (Å²) >= 11 is 0. The number of alkyl halides is 2. The lowest BCUT2D eigenvalue weighted by molar-refractivity contribution is -0.144. The maximum atomic E-state index is 12.3. The molecule has 0 aromatic heterocycles. The van der Waals surface area contributed by atoms with Gasteiger partial charge >= 0.3 is 12.6 Å². The lowest BCUT2D eigenvalue weighted by Gasteiger charge is -2.33. The van der Waals surface area contributed by atoms with Crippen LogP contribution < -0.4 is 14.8 Å². The fourth-order valence-electron chi connectivity index (χ4n) is 3.11. The Morgan fingerprint density at radius 3 is 2.34 bits per heavy atom. The first-order valence-corrected chi connectivity index (χ1v) is 9.10. The second kappa shape index (κ2) is 10.2. The molecule has 0 saturated heterocycles. The Morgan fingerprint density at radius 2 is 1.79 bits per heavy atom. The predicted molar refractivity (Wildman–Crippen MR) is 106 cm³/mol. The van der Waals surface area contributed by atoms with Crippen LogP contribution in [0.15, 0.2) is 24.3 Å². The van der Waals surface area contributed by atoms with Crippen molar-refractivity contribution in [2.24, 2.45) is 5.41 Å². The van der Waals surface area contributed by atoms with E-state index in [4.69, 9.17) is 9.47 Å². The van der Waals surface area contributed by atoms with Gasteiger partial charge in [0.1, 0.15) is 0 Å². The lowest BCUT2D eigenvalue weighted by Crippen LogP contribution is -2.47. The highest BCUT2D eigenvalue weighted by Gasteiger charge is 2.27. The molecule has 0 saturated carbocycles. The van der Waals surface area contributed by atoms with Gasteiger partial charge in [-0.15, -0.1) is 0 Å². The molecule has 1 rings (SSSR count). The minimum atomic E-state index is -2.97. The summed E-state index contributed by atoms with van der Waals surface area (Å²) in [5, 5.41) is 2.85. The molecular weight excluding hydrogens is 384 g/mol. The van der Waals surface area contributed by atoms with E-state index in [-0.39, 0.29) is 16.9 Å². The van der Waals surface area contributed by atoms with Crippen molar-refractivity contribution in [1.82, 2.24) is 5.32 Å². The van der Waals surface area contributed by atoms with E-state index in [0.29, 0.717) is 5.56 Å². The number of halogens is 2. The lowest BCUT2D eigenvalue weighted by atomic mass is 9.82. The van der Waals surface area contributed by atoms with Gasteiger partial charge in [0.25, 0.3) is 5.91 Å². The summed E-state index contributed by atoms with van der Waals surface area (Å²) in [6, 6.07) is 4.22. The second-order valence-corrected chi connectivity index (χ2v) is 8.40. The number of amides is 1. The van der Waals surface area contributed by atoms with Gasteiger partial charge in [-0.05, 0) is 49.5 Å². The van der Waals surface area contributed by atoms with Gasteiger partial charge in [-0.1, -0.05) is 26.8 Å². The fraction of sp³-hybridized carbons (Fsp3) is 0.524. The first-order chi connectivity index (χ1) is 13.3. The van der Waals surface area contributed by atoms with Gasteiger partial charge in [-0.25, -0.2) is 4.79 Å². The molecule has 0 aliphatic heterocycles. The number of esters is 1. The normalized spacial score (nSPS) is 12.2. The molecule has 0 heterocycles. The average molecular weight is 413 g/mol. The summed E-state index contributed by atoms with van der Waals surface area (Å²) in [4.78, 5) is 23.9. The molecule has 1 aromatic carbocycles. The summed E-state index contributed by atoms with van der Waals surface area (Å²) in [5.41, 5.74) is 0.111. The van der Waals surface area contributed by atoms with Crippen LogP contribution in [0.25, 0.3) is 6.08 Å². The van der Waals surface area contributed by atoms with Crippen molar-refractivity contribution in [2.75, 3.05) is 13.7 Å². The predicted octanol–water partition coefficient (Wildman–Crippen LogP) is 4.18. The molecule has 29 heavy (non-hydrogen) atoms. The van der Waals surface area contributed by atoms with Gasteiger partial charge in [0.15, 0.2) is 18.1 Å². The quantitative estimate of drug-likeness (QED) is 0.486. The molecule has 0 atom stereocenters. The van der Waals surface area contributed by atoms with Crippen LogP contribution in [0.4, 0.5) is 8.78 Å². The van der Waals surface area contributed by atoms with E-state index in [9.17, 15) is 18.4 Å². The Hall–Kier alpha value is -2.64. The zero-order valence-electron chi connectivity index (χ0n) is 17.7. The third-order valence-electron chi connectivity index (χ3n) is 3.61. The molecule has 0 fully saturated rings. The fourth-order valence-corrected chi connectivity index (χ4v) is 3.11. The minimum Gasteiger partial charge on any atom is -0.493 e. The number of carbonyl (C=O) groups is 2. The topological polar surface area (TPSA) is 73.9 Å². The molecule has 0 unspecified atom stereocenters. The van der Waals surface area contributed by atoms with E-state index in [1.807, 2.05) is 13.8 Å². The van der Waals surface area contributed by atoms with Crippen LogP contribution in [0, 0.1) is 5.41 Å². The smallest absolute Gasteiger partial charge is 0.387 e. The SMILES string of the molecule is COc1cc(/C=C/C(=O)OCC(=O)NC(C)(C)CC(C)(C)C)ccc1OC(F)F. The summed E-state index contributed by atoms with van der Waals surface area (Å²) in [6.07, 6.45) is 3.31. The Bertz CT molecular complexity index is 739. The molecular formula is C21H29F2NO5. The zero-order valence-corrected chi connectivity index (χ0v) is 17.7. The van der Waals surface area contributed by atoms with Crippen LogP contribution in [0.2, 0.25) is 0 Å². The molecule has 1 N–H and O–H groups in total. The molecule has 6 nitrogen and oxygen atoms in total. The van der Waals surface area contributed by atoms with Crippen molar-refractivity contribution in [3.8, 4) is 11.5 Å². The van der Waals surface area contributed by atoms with E-state index in [1.165, 1.54) is 31.4 Å². The van der Waals surface area contributed by atoms with Crippen molar-refractivity contribution in [3.63, 3.8) is 0 Å². The van der Waals surface area contributed by atoms with Crippen molar-refractivity contribution in [1.29, 1.82) is 0 Å². The number of benzene rings is 1. The van der Waals surface area contributed by atoms with E-state index >= 15 is 0 Å². The number of methoxy groups -OCH3 is 1. The Kier molecular flexibility index (Phi) is 8.60. The molecule has 0 bridgehead atoms. The molecule has 0 spiro atoms. The second-order valence-electron chi connectivity index (χ2n) is 8.40. The molecule has 1 amide bonds. The number of nitrogens with one attached hydrogen (secondary N) is 1. The zero-order chi connectivity index (χ0) is 22.2. The van der Waals surface area contributed by atoms with Crippen molar-refractivity contribution in [3.05, 3.63) is 29.8 Å². The van der Waals surface area contributed by atoms with Gasteiger partial charge in [-0.3, -0.25) is 4.79 Å². The van der Waals surface area contributed by atoms with Crippen molar-refractivity contribution in [2.45, 2.75) is 53.2 Å². The van der Waals surface area contributed by atoms with Crippen LogP contribution in [-0.2, 0) is 14.3 Å². The number of ether oxygens (including phenoxy) is 3. The minimum absolute atomic E-state index is 0.0349. The van der Waals surface area contributed by atoms with E-state index < -0.39 is 30.6 Å². The van der Waals surface area contributed by atoms with Crippen LogP contribution in [-0.4, -0.2) is 37.7 Å². The van der Waals surface area contributed by atoms with Crippen LogP contribution in [0.1, 0.15) is 46.6 Å². The van der Waals surface area contributed by atoms with Gasteiger partial charge < -0.3 is 19.5 Å². The highest BCUT2D eigenvalue weighted by Crippen LogP contribution is 2.30. The summed E-state index contributed by atoms with van der Waals surface area (Å²) < 4.78 is 38.9. The van der Waals surface area contributed by atoms with Gasteiger partial charge in [0, 0.05) is 11.6 Å². The molecule has 0 aliphatic carbocycles. The number of hydrogen-bond donors (Lipinski definition) is 1. The first-order valence-electron chi connectivity index (χ1n) is 9.10. The molecule has 0 aliphatic rings. The number of carbonyl (C=O) groups excluding carboxylic acids is 2. The monoisotopic (exact) mass is 413 g/mol. The average Bonchev–Trinajstić information content (AvgIpc) is 2.55. The third kappa shape index (κ3) is 9.91. The first kappa shape index (κ1) is 24.4. The van der Waals surface area contributed by atoms with Crippen molar-refractivity contribution < 1.29 is 32.6 Å². The van der Waals surface area contributed by atoms with E-state index in [0.717, 1.165) is 12.5 Å². The molecule has 8 heteroatoms. The highest BCUT2D eigenvalue weighted by atomic mass is 19.3. The Morgan fingerprint density at radius 1 is 1.14 bits per heavy atom. The summed E-state index contributed by atoms with van der Waals surface area (Å²) in [7, 11) is 1.31. The van der Waals surface area contributed by atoms with Crippen molar-refractivity contribution >= 4 is 18.0 Å². The molecule has 1 aromatic rings. The van der Waals surface area contributed by atoms with Gasteiger partial charge in [-0.2, -0.15) is 8.78 Å². The van der Waals surface area contributed by atoms with Crippen LogP contribution in [0.5, 0.6) is 11.5 Å². The Balaban J connectivity index is 2.60. The maximum Gasteiger partial charge on any atom is 0.387 e. The standard InChI is InChI=1S/C21H29F2NO5/c1-20(2,3)13-21(4,5)24-17(25)12-28-18(26)10-8-14-7-9-15(29-19(22)23)16(11-14)27-6/h7-11,19H,12-13H2,1-6H3,(H,24,25)/b10-8+. The van der Waals surface area contributed by atoms with Gasteiger partial charge in [0.2, 0.25) is 0 Å². The largest absolute Gasteiger partial charge is 0.493 e. The molecule has 0 radical (unpaired) electrons. The maximum absolute atomic E-state index is 12.3. The summed E-state index contributed by atoms with van der Waals surface area (Å²) in [5.74, 6) is -1.12. The third-order valence-corrected chi connectivity index (χ3v) is 3.61. The van der Waals surface area contributed by atoms with Crippen LogP contribution in [0.3, 0.4) is 0 Å². The summed E-state index contributed by atoms with van der Waals surface area (Å²) in [6.45, 7) is 6.67. The molecule has 162 valence electrons. The van der Waals surface area contributed by atoms with Gasteiger partial charge in [0.05, 0.1) is 7.11 Å².